The van der Waals surface area contributed by atoms with Crippen molar-refractivity contribution >= 4 is 10.0 Å². The first-order chi connectivity index (χ1) is 10.6. The Morgan fingerprint density at radius 1 is 1.32 bits per heavy atom. The van der Waals surface area contributed by atoms with Gasteiger partial charge in [0.1, 0.15) is 0 Å². The van der Waals surface area contributed by atoms with Gasteiger partial charge in [-0.2, -0.15) is 4.31 Å². The standard InChI is InChI=1S/C16H23NO4S/c1-20-15-12-17(10-9-16(15)8-5-11-21-16)22(18,19)13-14-6-3-2-4-7-14/h2-4,6-7,15H,5,8-13H2,1H3/t15-,16-/m0/s1. The summed E-state index contributed by atoms with van der Waals surface area (Å²) >= 11 is 0. The van der Waals surface area contributed by atoms with Crippen molar-refractivity contribution in [3.63, 3.8) is 0 Å². The van der Waals surface area contributed by atoms with Crippen LogP contribution >= 0.6 is 0 Å². The van der Waals surface area contributed by atoms with Crippen LogP contribution in [0, 0.1) is 0 Å². The van der Waals surface area contributed by atoms with E-state index in [9.17, 15) is 8.42 Å². The van der Waals surface area contributed by atoms with E-state index in [2.05, 4.69) is 0 Å². The first-order valence-corrected chi connectivity index (χ1v) is 9.35. The van der Waals surface area contributed by atoms with Crippen LogP contribution in [0.4, 0.5) is 0 Å². The van der Waals surface area contributed by atoms with Crippen LogP contribution in [0.25, 0.3) is 0 Å². The fourth-order valence-corrected chi connectivity index (χ4v) is 5.03. The summed E-state index contributed by atoms with van der Waals surface area (Å²) in [6.07, 6.45) is 2.50. The highest BCUT2D eigenvalue weighted by Gasteiger charge is 2.48. The Morgan fingerprint density at radius 3 is 2.73 bits per heavy atom. The average molecular weight is 325 g/mol. The Labute approximate surface area is 132 Å². The summed E-state index contributed by atoms with van der Waals surface area (Å²) in [5.74, 6) is 0.0398. The van der Waals surface area contributed by atoms with E-state index in [1.807, 2.05) is 30.3 Å². The molecule has 0 radical (unpaired) electrons. The smallest absolute Gasteiger partial charge is 0.218 e. The van der Waals surface area contributed by atoms with Crippen LogP contribution in [0.1, 0.15) is 24.8 Å². The van der Waals surface area contributed by atoms with Crippen molar-refractivity contribution in [1.82, 2.24) is 4.31 Å². The van der Waals surface area contributed by atoms with Gasteiger partial charge in [-0.1, -0.05) is 30.3 Å². The molecule has 1 aromatic carbocycles. The van der Waals surface area contributed by atoms with Crippen LogP contribution in [-0.2, 0) is 25.2 Å². The van der Waals surface area contributed by atoms with Gasteiger partial charge in [0, 0.05) is 26.8 Å². The molecule has 0 saturated carbocycles. The maximum atomic E-state index is 12.6. The number of piperidine rings is 1. The monoisotopic (exact) mass is 325 g/mol. The Kier molecular flexibility index (Phi) is 4.54. The number of hydrogen-bond donors (Lipinski definition) is 0. The summed E-state index contributed by atoms with van der Waals surface area (Å²) in [6, 6.07) is 9.30. The van der Waals surface area contributed by atoms with Gasteiger partial charge in [0.15, 0.2) is 0 Å². The lowest BCUT2D eigenvalue weighted by Gasteiger charge is -2.43. The third-order valence-corrected chi connectivity index (χ3v) is 6.56. The van der Waals surface area contributed by atoms with Crippen molar-refractivity contribution in [3.8, 4) is 0 Å². The molecule has 0 bridgehead atoms. The molecule has 3 rings (SSSR count). The number of ether oxygens (including phenoxy) is 2. The van der Waals surface area contributed by atoms with Gasteiger partial charge >= 0.3 is 0 Å². The van der Waals surface area contributed by atoms with Gasteiger partial charge in [-0.05, 0) is 24.8 Å². The third kappa shape index (κ3) is 3.06. The van der Waals surface area contributed by atoms with Crippen molar-refractivity contribution in [2.75, 3.05) is 26.8 Å². The number of benzene rings is 1. The van der Waals surface area contributed by atoms with E-state index >= 15 is 0 Å². The predicted octanol–water partition coefficient (Wildman–Crippen LogP) is 1.79. The van der Waals surface area contributed by atoms with Gasteiger partial charge in [0.25, 0.3) is 0 Å². The number of methoxy groups -OCH3 is 1. The molecule has 2 atom stereocenters. The zero-order valence-corrected chi connectivity index (χ0v) is 13.7. The van der Waals surface area contributed by atoms with Crippen molar-refractivity contribution in [3.05, 3.63) is 35.9 Å². The lowest BCUT2D eigenvalue weighted by Crippen LogP contribution is -2.57. The van der Waals surface area contributed by atoms with Crippen LogP contribution in [0.3, 0.4) is 0 Å². The molecule has 0 aliphatic carbocycles. The average Bonchev–Trinajstić information content (AvgIpc) is 2.97. The molecular weight excluding hydrogens is 302 g/mol. The summed E-state index contributed by atoms with van der Waals surface area (Å²) in [6.45, 7) is 1.64. The first kappa shape index (κ1) is 15.9. The molecule has 2 saturated heterocycles. The van der Waals surface area contributed by atoms with Crippen LogP contribution in [0.15, 0.2) is 30.3 Å². The molecule has 22 heavy (non-hydrogen) atoms. The Morgan fingerprint density at radius 2 is 2.09 bits per heavy atom. The summed E-state index contributed by atoms with van der Waals surface area (Å²) in [4.78, 5) is 0. The van der Waals surface area contributed by atoms with Gasteiger partial charge in [-0.25, -0.2) is 8.42 Å². The minimum atomic E-state index is -3.33. The molecule has 2 aliphatic heterocycles. The quantitative estimate of drug-likeness (QED) is 0.847. The second-order valence-corrected chi connectivity index (χ2v) is 8.06. The lowest BCUT2D eigenvalue weighted by molar-refractivity contribution is -0.131. The largest absolute Gasteiger partial charge is 0.377 e. The second kappa shape index (κ2) is 6.28. The number of hydrogen-bond acceptors (Lipinski definition) is 4. The molecule has 1 spiro atoms. The molecule has 2 aliphatic rings. The van der Waals surface area contributed by atoms with Crippen molar-refractivity contribution < 1.29 is 17.9 Å². The van der Waals surface area contributed by atoms with Crippen molar-refractivity contribution in [2.24, 2.45) is 0 Å². The molecule has 6 heteroatoms. The molecule has 0 N–H and O–H groups in total. The maximum absolute atomic E-state index is 12.6. The molecular formula is C16H23NO4S. The van der Waals surface area contributed by atoms with Crippen LogP contribution in [0.2, 0.25) is 0 Å². The Bertz CT molecular complexity index is 596. The molecule has 122 valence electrons. The van der Waals surface area contributed by atoms with Gasteiger partial charge < -0.3 is 9.47 Å². The number of sulfonamides is 1. The van der Waals surface area contributed by atoms with Crippen LogP contribution in [-0.4, -0.2) is 51.2 Å². The second-order valence-electron chi connectivity index (χ2n) is 6.09. The van der Waals surface area contributed by atoms with E-state index in [1.165, 1.54) is 0 Å². The Hall–Kier alpha value is -0.950. The van der Waals surface area contributed by atoms with E-state index in [4.69, 9.17) is 9.47 Å². The van der Waals surface area contributed by atoms with E-state index < -0.39 is 10.0 Å². The van der Waals surface area contributed by atoms with Gasteiger partial charge in [0.05, 0.1) is 17.5 Å². The highest BCUT2D eigenvalue weighted by atomic mass is 32.2. The van der Waals surface area contributed by atoms with Crippen molar-refractivity contribution in [1.29, 1.82) is 0 Å². The summed E-state index contributed by atoms with van der Waals surface area (Å²) < 4.78 is 38.3. The van der Waals surface area contributed by atoms with E-state index in [0.717, 1.165) is 25.0 Å². The van der Waals surface area contributed by atoms with Gasteiger partial charge in [0.2, 0.25) is 10.0 Å². The molecule has 5 nitrogen and oxygen atoms in total. The fourth-order valence-electron chi connectivity index (χ4n) is 3.51. The van der Waals surface area contributed by atoms with Gasteiger partial charge in [-0.3, -0.25) is 0 Å². The van der Waals surface area contributed by atoms with Crippen LogP contribution in [0.5, 0.6) is 0 Å². The minimum Gasteiger partial charge on any atom is -0.377 e. The van der Waals surface area contributed by atoms with Crippen molar-refractivity contribution in [2.45, 2.75) is 36.7 Å². The maximum Gasteiger partial charge on any atom is 0.218 e. The van der Waals surface area contributed by atoms with Crippen LogP contribution < -0.4 is 0 Å². The zero-order chi connectivity index (χ0) is 15.6. The molecule has 0 aromatic heterocycles. The first-order valence-electron chi connectivity index (χ1n) is 7.74. The molecule has 2 fully saturated rings. The lowest BCUT2D eigenvalue weighted by atomic mass is 9.87. The molecule has 2 heterocycles. The summed E-state index contributed by atoms with van der Waals surface area (Å²) in [7, 11) is -1.69. The summed E-state index contributed by atoms with van der Waals surface area (Å²) in [5.41, 5.74) is 0.530. The van der Waals surface area contributed by atoms with E-state index in [1.54, 1.807) is 11.4 Å². The Balaban J connectivity index is 1.73. The normalized spacial score (nSPS) is 30.0. The van der Waals surface area contributed by atoms with Gasteiger partial charge in [-0.15, -0.1) is 0 Å². The SMILES string of the molecule is CO[C@H]1CN(S(=O)(=O)Cc2ccccc2)CC[C@@]12CCCO2. The zero-order valence-electron chi connectivity index (χ0n) is 12.9. The van der Waals surface area contributed by atoms with E-state index in [-0.39, 0.29) is 17.5 Å². The highest BCUT2D eigenvalue weighted by Crippen LogP contribution is 2.38. The molecule has 0 amide bonds. The molecule has 0 unspecified atom stereocenters. The van der Waals surface area contributed by atoms with E-state index in [0.29, 0.717) is 19.5 Å². The topological polar surface area (TPSA) is 55.8 Å². The fraction of sp³-hybridized carbons (Fsp3) is 0.625. The minimum absolute atomic E-state index is 0.0398. The number of rotatable bonds is 4. The summed E-state index contributed by atoms with van der Waals surface area (Å²) in [5, 5.41) is 0. The predicted molar refractivity (Wildman–Crippen MR) is 84.0 cm³/mol. The number of nitrogens with zero attached hydrogens (tertiary/aromatic N) is 1. The highest BCUT2D eigenvalue weighted by molar-refractivity contribution is 7.88. The third-order valence-electron chi connectivity index (χ3n) is 4.74. The molecule has 1 aromatic rings.